The zero-order chi connectivity index (χ0) is 14.1. The summed E-state index contributed by atoms with van der Waals surface area (Å²) in [5.74, 6) is 2.44. The lowest BCUT2D eigenvalue weighted by molar-refractivity contribution is 0.0797. The first-order valence-corrected chi connectivity index (χ1v) is 8.48. The monoisotopic (exact) mass is 269 g/mol. The van der Waals surface area contributed by atoms with E-state index in [9.17, 15) is 0 Å². The lowest BCUT2D eigenvalue weighted by Crippen LogP contribution is -2.41. The maximum atomic E-state index is 5.79. The molecule has 19 heavy (non-hydrogen) atoms. The van der Waals surface area contributed by atoms with Crippen LogP contribution in [0.3, 0.4) is 0 Å². The molecule has 1 rings (SSSR count). The minimum atomic E-state index is 0.656. The Bertz CT molecular complexity index is 217. The molecule has 3 unspecified atom stereocenters. The van der Waals surface area contributed by atoms with Gasteiger partial charge >= 0.3 is 0 Å². The Balaban J connectivity index is 2.32. The average Bonchev–Trinajstić information content (AvgIpc) is 2.41. The molecule has 114 valence electrons. The van der Waals surface area contributed by atoms with Gasteiger partial charge in [0.1, 0.15) is 0 Å². The Morgan fingerprint density at radius 3 is 2.63 bits per heavy atom. The SMILES string of the molecule is CCCNC1CCC(CC)CC1CCOCC(C)C. The molecule has 0 aromatic rings. The smallest absolute Gasteiger partial charge is 0.0488 e. The van der Waals surface area contributed by atoms with Crippen LogP contribution in [-0.4, -0.2) is 25.8 Å². The number of hydrogen-bond acceptors (Lipinski definition) is 2. The van der Waals surface area contributed by atoms with Gasteiger partial charge in [-0.15, -0.1) is 0 Å². The lowest BCUT2D eigenvalue weighted by atomic mass is 9.75. The predicted octanol–water partition coefficient (Wildman–Crippen LogP) is 4.24. The highest BCUT2D eigenvalue weighted by Crippen LogP contribution is 2.33. The molecular weight excluding hydrogens is 234 g/mol. The van der Waals surface area contributed by atoms with Gasteiger partial charge in [-0.1, -0.05) is 34.1 Å². The van der Waals surface area contributed by atoms with Crippen molar-refractivity contribution in [3.05, 3.63) is 0 Å². The highest BCUT2D eigenvalue weighted by Gasteiger charge is 2.28. The Hall–Kier alpha value is -0.0800. The van der Waals surface area contributed by atoms with Crippen LogP contribution in [0.25, 0.3) is 0 Å². The van der Waals surface area contributed by atoms with Crippen LogP contribution in [0.2, 0.25) is 0 Å². The van der Waals surface area contributed by atoms with Crippen molar-refractivity contribution in [2.45, 2.75) is 72.3 Å². The molecule has 0 aromatic carbocycles. The van der Waals surface area contributed by atoms with E-state index in [1.54, 1.807) is 0 Å². The highest BCUT2D eigenvalue weighted by molar-refractivity contribution is 4.84. The van der Waals surface area contributed by atoms with Crippen molar-refractivity contribution < 1.29 is 4.74 Å². The Kier molecular flexibility index (Phi) is 8.72. The molecule has 2 heteroatoms. The van der Waals surface area contributed by atoms with Gasteiger partial charge in [0.15, 0.2) is 0 Å². The summed E-state index contributed by atoms with van der Waals surface area (Å²) < 4.78 is 5.79. The minimum Gasteiger partial charge on any atom is -0.381 e. The summed E-state index contributed by atoms with van der Waals surface area (Å²) >= 11 is 0. The topological polar surface area (TPSA) is 21.3 Å². The summed E-state index contributed by atoms with van der Waals surface area (Å²) in [6, 6.07) is 0.741. The van der Waals surface area contributed by atoms with Crippen molar-refractivity contribution in [2.24, 2.45) is 17.8 Å². The number of ether oxygens (including phenoxy) is 1. The van der Waals surface area contributed by atoms with Crippen LogP contribution >= 0.6 is 0 Å². The summed E-state index contributed by atoms with van der Waals surface area (Å²) in [6.45, 7) is 12.1. The molecule has 2 nitrogen and oxygen atoms in total. The van der Waals surface area contributed by atoms with Gasteiger partial charge < -0.3 is 10.1 Å². The first-order chi connectivity index (χ1) is 9.17. The van der Waals surface area contributed by atoms with E-state index < -0.39 is 0 Å². The Morgan fingerprint density at radius 2 is 2.00 bits per heavy atom. The van der Waals surface area contributed by atoms with Gasteiger partial charge in [0.05, 0.1) is 0 Å². The fourth-order valence-corrected chi connectivity index (χ4v) is 3.20. The summed E-state index contributed by atoms with van der Waals surface area (Å²) in [5.41, 5.74) is 0. The van der Waals surface area contributed by atoms with E-state index in [-0.39, 0.29) is 0 Å². The van der Waals surface area contributed by atoms with Crippen molar-refractivity contribution in [3.8, 4) is 0 Å². The Labute approximate surface area is 120 Å². The molecule has 0 saturated heterocycles. The molecule has 0 radical (unpaired) electrons. The zero-order valence-electron chi connectivity index (χ0n) is 13.6. The van der Waals surface area contributed by atoms with E-state index >= 15 is 0 Å². The first-order valence-electron chi connectivity index (χ1n) is 8.48. The van der Waals surface area contributed by atoms with Crippen LogP contribution in [-0.2, 0) is 4.74 Å². The van der Waals surface area contributed by atoms with E-state index in [4.69, 9.17) is 4.74 Å². The molecular formula is C17H35NO. The Morgan fingerprint density at radius 1 is 1.21 bits per heavy atom. The molecule has 1 aliphatic rings. The second-order valence-electron chi connectivity index (χ2n) is 6.67. The average molecular weight is 269 g/mol. The van der Waals surface area contributed by atoms with Gasteiger partial charge in [-0.25, -0.2) is 0 Å². The highest BCUT2D eigenvalue weighted by atomic mass is 16.5. The van der Waals surface area contributed by atoms with E-state index in [2.05, 4.69) is 33.0 Å². The molecule has 0 aliphatic heterocycles. The van der Waals surface area contributed by atoms with E-state index in [0.717, 1.165) is 31.1 Å². The molecule has 0 heterocycles. The molecule has 1 fully saturated rings. The molecule has 0 spiro atoms. The second-order valence-corrected chi connectivity index (χ2v) is 6.67. The maximum absolute atomic E-state index is 5.79. The van der Waals surface area contributed by atoms with Crippen LogP contribution in [0.4, 0.5) is 0 Å². The van der Waals surface area contributed by atoms with Crippen LogP contribution in [0.15, 0.2) is 0 Å². The number of nitrogens with one attached hydrogen (secondary N) is 1. The van der Waals surface area contributed by atoms with Gasteiger partial charge in [-0.2, -0.15) is 0 Å². The third-order valence-corrected chi connectivity index (χ3v) is 4.41. The zero-order valence-corrected chi connectivity index (χ0v) is 13.6. The first kappa shape index (κ1) is 17.0. The van der Waals surface area contributed by atoms with E-state index in [0.29, 0.717) is 5.92 Å². The molecule has 1 saturated carbocycles. The standard InChI is InChI=1S/C17H35NO/c1-5-10-18-17-8-7-15(6-2)12-16(17)9-11-19-13-14(3)4/h14-18H,5-13H2,1-4H3. The van der Waals surface area contributed by atoms with E-state index in [1.807, 2.05) is 0 Å². The molecule has 1 N–H and O–H groups in total. The summed E-state index contributed by atoms with van der Waals surface area (Å²) in [6.07, 6.45) is 8.02. The summed E-state index contributed by atoms with van der Waals surface area (Å²) in [7, 11) is 0. The fourth-order valence-electron chi connectivity index (χ4n) is 3.20. The van der Waals surface area contributed by atoms with Crippen molar-refractivity contribution in [1.29, 1.82) is 0 Å². The quantitative estimate of drug-likeness (QED) is 0.632. The van der Waals surface area contributed by atoms with Crippen LogP contribution in [0.1, 0.15) is 66.2 Å². The predicted molar refractivity (Wildman–Crippen MR) is 83.5 cm³/mol. The molecule has 3 atom stereocenters. The molecule has 0 amide bonds. The molecule has 1 aliphatic carbocycles. The largest absolute Gasteiger partial charge is 0.381 e. The fraction of sp³-hybridized carbons (Fsp3) is 1.00. The van der Waals surface area contributed by atoms with Crippen LogP contribution < -0.4 is 5.32 Å². The van der Waals surface area contributed by atoms with E-state index in [1.165, 1.54) is 45.1 Å². The normalized spacial score (nSPS) is 27.9. The van der Waals surface area contributed by atoms with Crippen molar-refractivity contribution >= 4 is 0 Å². The number of rotatable bonds is 9. The maximum Gasteiger partial charge on any atom is 0.0488 e. The van der Waals surface area contributed by atoms with Gasteiger partial charge in [-0.3, -0.25) is 0 Å². The van der Waals surface area contributed by atoms with Gasteiger partial charge in [0.25, 0.3) is 0 Å². The number of hydrogen-bond donors (Lipinski definition) is 1. The van der Waals surface area contributed by atoms with Gasteiger partial charge in [0, 0.05) is 19.3 Å². The van der Waals surface area contributed by atoms with Crippen LogP contribution in [0, 0.1) is 17.8 Å². The van der Waals surface area contributed by atoms with Crippen molar-refractivity contribution in [1.82, 2.24) is 5.32 Å². The lowest BCUT2D eigenvalue weighted by Gasteiger charge is -2.36. The third-order valence-electron chi connectivity index (χ3n) is 4.41. The van der Waals surface area contributed by atoms with Crippen LogP contribution in [0.5, 0.6) is 0 Å². The summed E-state index contributed by atoms with van der Waals surface area (Å²) in [5, 5.41) is 3.76. The molecule has 0 aromatic heterocycles. The minimum absolute atomic E-state index is 0.656. The molecule has 0 bridgehead atoms. The second kappa shape index (κ2) is 9.77. The van der Waals surface area contributed by atoms with Crippen molar-refractivity contribution in [3.63, 3.8) is 0 Å². The van der Waals surface area contributed by atoms with Crippen molar-refractivity contribution in [2.75, 3.05) is 19.8 Å². The summed E-state index contributed by atoms with van der Waals surface area (Å²) in [4.78, 5) is 0. The van der Waals surface area contributed by atoms with Gasteiger partial charge in [-0.05, 0) is 56.4 Å². The van der Waals surface area contributed by atoms with Gasteiger partial charge in [0.2, 0.25) is 0 Å². The third kappa shape index (κ3) is 6.76.